The molecule has 0 unspecified atom stereocenters. The summed E-state index contributed by atoms with van der Waals surface area (Å²) in [6.07, 6.45) is 1.02. The lowest BCUT2D eigenvalue weighted by Crippen LogP contribution is -2.22. The van der Waals surface area contributed by atoms with Crippen molar-refractivity contribution in [3.8, 4) is 6.07 Å². The highest BCUT2D eigenvalue weighted by molar-refractivity contribution is 7.10. The Balaban J connectivity index is 2.48. The summed E-state index contributed by atoms with van der Waals surface area (Å²) in [5, 5.41) is 14.0. The van der Waals surface area contributed by atoms with E-state index < -0.39 is 0 Å². The van der Waals surface area contributed by atoms with Crippen molar-refractivity contribution in [2.24, 2.45) is 0 Å². The number of hydrogen-bond donors (Lipinski definition) is 1. The number of nitrogens with zero attached hydrogens (tertiary/aromatic N) is 1. The molecule has 0 aromatic carbocycles. The maximum Gasteiger partial charge on any atom is 0.100 e. The molecule has 56 valence electrons. The van der Waals surface area contributed by atoms with Crippen LogP contribution in [0.25, 0.3) is 0 Å². The topological polar surface area (TPSA) is 35.8 Å². The van der Waals surface area contributed by atoms with E-state index in [4.69, 9.17) is 5.26 Å². The Bertz CT molecular complexity index is 308. The Morgan fingerprint density at radius 3 is 3.36 bits per heavy atom. The van der Waals surface area contributed by atoms with Crippen molar-refractivity contribution in [1.82, 2.24) is 5.32 Å². The summed E-state index contributed by atoms with van der Waals surface area (Å²) in [5.74, 6) is 0. The molecule has 0 saturated heterocycles. The van der Waals surface area contributed by atoms with Gasteiger partial charge in [-0.3, -0.25) is 0 Å². The van der Waals surface area contributed by atoms with Crippen molar-refractivity contribution in [1.29, 1.82) is 5.26 Å². The van der Waals surface area contributed by atoms with E-state index in [2.05, 4.69) is 11.4 Å². The molecule has 3 heteroatoms. The largest absolute Gasteiger partial charge is 0.312 e. The molecule has 1 aromatic rings. The lowest BCUT2D eigenvalue weighted by Gasteiger charge is -2.11. The fourth-order valence-corrected chi connectivity index (χ4v) is 2.35. The predicted molar refractivity (Wildman–Crippen MR) is 44.4 cm³/mol. The summed E-state index contributed by atoms with van der Waals surface area (Å²) in [7, 11) is 0. The van der Waals surface area contributed by atoms with E-state index in [1.807, 2.05) is 5.38 Å². The van der Waals surface area contributed by atoms with Gasteiger partial charge in [-0.15, -0.1) is 11.3 Å². The minimum Gasteiger partial charge on any atom is -0.312 e. The molecule has 0 spiro atoms. The Hall–Kier alpha value is -0.850. The van der Waals surface area contributed by atoms with Crippen molar-refractivity contribution in [3.63, 3.8) is 0 Å². The van der Waals surface area contributed by atoms with E-state index in [0.717, 1.165) is 25.1 Å². The molecular formula is C8H8N2S. The lowest BCUT2D eigenvalue weighted by atomic mass is 10.1. The normalized spacial score (nSPS) is 15.5. The molecule has 0 saturated carbocycles. The number of hydrogen-bond acceptors (Lipinski definition) is 3. The summed E-state index contributed by atoms with van der Waals surface area (Å²) in [4.78, 5) is 1.34. The SMILES string of the molecule is N#Cc1csc2c1CCNC2. The Labute approximate surface area is 69.5 Å². The van der Waals surface area contributed by atoms with Gasteiger partial charge in [0, 0.05) is 16.8 Å². The van der Waals surface area contributed by atoms with Crippen LogP contribution >= 0.6 is 11.3 Å². The summed E-state index contributed by atoms with van der Waals surface area (Å²) >= 11 is 1.69. The molecule has 0 radical (unpaired) electrons. The molecular weight excluding hydrogens is 156 g/mol. The van der Waals surface area contributed by atoms with Crippen molar-refractivity contribution in [3.05, 3.63) is 21.4 Å². The third-order valence-corrected chi connectivity index (χ3v) is 2.97. The molecule has 0 fully saturated rings. The number of thiophene rings is 1. The van der Waals surface area contributed by atoms with E-state index in [9.17, 15) is 0 Å². The van der Waals surface area contributed by atoms with Crippen molar-refractivity contribution in [2.75, 3.05) is 6.54 Å². The number of fused-ring (bicyclic) bond motifs is 1. The highest BCUT2D eigenvalue weighted by Crippen LogP contribution is 2.24. The molecule has 2 heterocycles. The molecule has 1 aromatic heterocycles. The van der Waals surface area contributed by atoms with Crippen LogP contribution in [0.5, 0.6) is 0 Å². The second-order valence-corrected chi connectivity index (χ2v) is 3.55. The van der Waals surface area contributed by atoms with Crippen LogP contribution in [0.1, 0.15) is 16.0 Å². The summed E-state index contributed by atoms with van der Waals surface area (Å²) in [6.45, 7) is 1.96. The highest BCUT2D eigenvalue weighted by atomic mass is 32.1. The molecule has 1 N–H and O–H groups in total. The van der Waals surface area contributed by atoms with Crippen molar-refractivity contribution < 1.29 is 0 Å². The van der Waals surface area contributed by atoms with Crippen LogP contribution in [0.3, 0.4) is 0 Å². The first-order valence-corrected chi connectivity index (χ1v) is 4.50. The number of nitriles is 1. The van der Waals surface area contributed by atoms with Crippen molar-refractivity contribution >= 4 is 11.3 Å². The Kier molecular flexibility index (Phi) is 1.65. The van der Waals surface area contributed by atoms with E-state index in [0.29, 0.717) is 0 Å². The van der Waals surface area contributed by atoms with Crippen LogP contribution in [0.15, 0.2) is 5.38 Å². The molecule has 0 bridgehead atoms. The molecule has 0 aliphatic carbocycles. The fraction of sp³-hybridized carbons (Fsp3) is 0.375. The van der Waals surface area contributed by atoms with E-state index in [-0.39, 0.29) is 0 Å². The lowest BCUT2D eigenvalue weighted by molar-refractivity contribution is 0.654. The quantitative estimate of drug-likeness (QED) is 0.626. The van der Waals surface area contributed by atoms with Gasteiger partial charge in [-0.2, -0.15) is 5.26 Å². The molecule has 1 aliphatic heterocycles. The highest BCUT2D eigenvalue weighted by Gasteiger charge is 2.13. The summed E-state index contributed by atoms with van der Waals surface area (Å²) in [5.41, 5.74) is 2.16. The van der Waals surface area contributed by atoms with Crippen LogP contribution in [-0.2, 0) is 13.0 Å². The molecule has 1 aliphatic rings. The fourth-order valence-electron chi connectivity index (χ4n) is 1.35. The maximum atomic E-state index is 8.72. The predicted octanol–water partition coefficient (Wildman–Crippen LogP) is 1.27. The minimum atomic E-state index is 0.881. The third kappa shape index (κ3) is 1.05. The second-order valence-electron chi connectivity index (χ2n) is 2.59. The zero-order valence-corrected chi connectivity index (χ0v) is 6.87. The monoisotopic (exact) mass is 164 g/mol. The van der Waals surface area contributed by atoms with Gasteiger partial charge in [0.25, 0.3) is 0 Å². The maximum absolute atomic E-state index is 8.72. The van der Waals surface area contributed by atoms with Crippen LogP contribution in [0.4, 0.5) is 0 Å². The van der Waals surface area contributed by atoms with Gasteiger partial charge in [-0.25, -0.2) is 0 Å². The third-order valence-electron chi connectivity index (χ3n) is 1.94. The molecule has 0 amide bonds. The number of rotatable bonds is 0. The van der Waals surface area contributed by atoms with Crippen LogP contribution in [0.2, 0.25) is 0 Å². The van der Waals surface area contributed by atoms with Gasteiger partial charge in [-0.05, 0) is 18.5 Å². The zero-order valence-electron chi connectivity index (χ0n) is 6.05. The van der Waals surface area contributed by atoms with Gasteiger partial charge in [0.05, 0.1) is 5.56 Å². The molecule has 2 rings (SSSR count). The van der Waals surface area contributed by atoms with Crippen molar-refractivity contribution in [2.45, 2.75) is 13.0 Å². The number of nitrogens with one attached hydrogen (secondary N) is 1. The average Bonchev–Trinajstić information content (AvgIpc) is 2.47. The summed E-state index contributed by atoms with van der Waals surface area (Å²) in [6, 6.07) is 2.22. The van der Waals surface area contributed by atoms with Crippen LogP contribution in [0, 0.1) is 11.3 Å². The molecule has 11 heavy (non-hydrogen) atoms. The molecule has 2 nitrogen and oxygen atoms in total. The zero-order chi connectivity index (χ0) is 7.68. The van der Waals surface area contributed by atoms with Gasteiger partial charge in [-0.1, -0.05) is 0 Å². The smallest absolute Gasteiger partial charge is 0.100 e. The van der Waals surface area contributed by atoms with Gasteiger partial charge in [0.1, 0.15) is 6.07 Å². The Morgan fingerprint density at radius 1 is 1.64 bits per heavy atom. The first kappa shape index (κ1) is 6.84. The molecule has 0 atom stereocenters. The van der Waals surface area contributed by atoms with Gasteiger partial charge < -0.3 is 5.32 Å². The van der Waals surface area contributed by atoms with Gasteiger partial charge >= 0.3 is 0 Å². The van der Waals surface area contributed by atoms with Crippen LogP contribution in [-0.4, -0.2) is 6.54 Å². The average molecular weight is 164 g/mol. The first-order valence-electron chi connectivity index (χ1n) is 3.62. The van der Waals surface area contributed by atoms with Gasteiger partial charge in [0.2, 0.25) is 0 Å². The summed E-state index contributed by atoms with van der Waals surface area (Å²) < 4.78 is 0. The van der Waals surface area contributed by atoms with E-state index in [1.54, 1.807) is 11.3 Å². The Morgan fingerprint density at radius 2 is 2.55 bits per heavy atom. The second kappa shape index (κ2) is 2.65. The van der Waals surface area contributed by atoms with Gasteiger partial charge in [0.15, 0.2) is 0 Å². The minimum absolute atomic E-state index is 0.881. The first-order chi connectivity index (χ1) is 5.42. The standard InChI is InChI=1S/C8H8N2S/c9-3-6-5-11-8-4-10-2-1-7(6)8/h5,10H,1-2,4H2. The van der Waals surface area contributed by atoms with Crippen LogP contribution < -0.4 is 5.32 Å². The van der Waals surface area contributed by atoms with E-state index >= 15 is 0 Å². The van der Waals surface area contributed by atoms with E-state index in [1.165, 1.54) is 10.4 Å².